The molecule has 0 amide bonds. The molecule has 0 bridgehead atoms. The first-order chi connectivity index (χ1) is 26.3. The van der Waals surface area contributed by atoms with E-state index < -0.39 is 26.5 Å². The average molecular weight is 783 g/mol. The molecule has 2 unspecified atom stereocenters. The van der Waals surface area contributed by atoms with Gasteiger partial charge in [0.15, 0.2) is 6.10 Å². The summed E-state index contributed by atoms with van der Waals surface area (Å²) in [7, 11) is -4.28. The number of phosphoric acid groups is 1. The number of rotatable bonds is 41. The normalized spacial score (nSPS) is 13.6. The largest absolute Gasteiger partial charge is 0.472 e. The van der Waals surface area contributed by atoms with Crippen molar-refractivity contribution >= 4 is 19.8 Å². The smallest absolute Gasteiger partial charge is 0.462 e. The Morgan fingerprint density at radius 3 is 1.39 bits per heavy atom. The molecule has 0 saturated carbocycles. The maximum Gasteiger partial charge on any atom is 0.472 e. The Kier molecular flexibility index (Phi) is 39.6. The van der Waals surface area contributed by atoms with Gasteiger partial charge in [0, 0.05) is 12.8 Å². The molecule has 0 aromatic carbocycles. The minimum absolute atomic E-state index is 0.00112. The highest BCUT2D eigenvalue weighted by Gasteiger charge is 2.25. The third kappa shape index (κ3) is 39.9. The molecule has 0 heterocycles. The first kappa shape index (κ1) is 52.3. The number of hydrogen-bond acceptors (Lipinski definition) is 7. The molecule has 0 saturated heterocycles. The number of esters is 2. The summed E-state index contributed by atoms with van der Waals surface area (Å²) in [5.74, 6) is -0.808. The van der Waals surface area contributed by atoms with Crippen molar-refractivity contribution in [2.75, 3.05) is 19.8 Å². The predicted octanol–water partition coefficient (Wildman–Crippen LogP) is 14.0. The maximum atomic E-state index is 12.6. The van der Waals surface area contributed by atoms with Gasteiger partial charge in [-0.25, -0.2) is 4.57 Å². The lowest BCUT2D eigenvalue weighted by atomic mass is 10.0. The molecular weight excluding hydrogens is 699 g/mol. The molecule has 0 aliphatic carbocycles. The Labute approximate surface area is 332 Å². The second kappa shape index (κ2) is 40.9. The van der Waals surface area contributed by atoms with Crippen molar-refractivity contribution in [1.82, 2.24) is 0 Å². The highest BCUT2D eigenvalue weighted by Crippen LogP contribution is 2.43. The molecule has 0 spiro atoms. The predicted molar refractivity (Wildman–Crippen MR) is 226 cm³/mol. The fourth-order valence-electron chi connectivity index (χ4n) is 6.11. The first-order valence-corrected chi connectivity index (χ1v) is 23.8. The Morgan fingerprint density at radius 2 is 0.907 bits per heavy atom. The molecule has 0 fully saturated rings. The lowest BCUT2D eigenvalue weighted by Crippen LogP contribution is -2.29. The zero-order valence-electron chi connectivity index (χ0n) is 35.1. The van der Waals surface area contributed by atoms with E-state index in [0.717, 1.165) is 64.2 Å². The van der Waals surface area contributed by atoms with E-state index in [1.54, 1.807) is 6.92 Å². The summed E-state index contributed by atoms with van der Waals surface area (Å²) in [5.41, 5.74) is 0. The fourth-order valence-corrected chi connectivity index (χ4v) is 6.87. The van der Waals surface area contributed by atoms with Gasteiger partial charge in [0.1, 0.15) is 6.61 Å². The van der Waals surface area contributed by atoms with Gasteiger partial charge in [0.05, 0.1) is 13.2 Å². The quantitative estimate of drug-likeness (QED) is 0.0283. The standard InChI is InChI=1S/C45H83O8P/c1-4-7-9-11-13-15-17-18-19-20-21-22-23-24-25-26-27-28-30-32-34-36-38-40-45(47)53-43(42-52-54(48,49)51-6-3)41-50-44(46)39-37-35-33-31-29-16-14-12-10-8-5-2/h12,14,17-18,20-21,43H,4-11,13,15-16,19,22-42H2,1-3H3,(H,48,49)/b14-12-,18-17-,21-20-. The number of unbranched alkanes of at least 4 members (excludes halogenated alkanes) is 23. The number of ether oxygens (including phenoxy) is 2. The summed E-state index contributed by atoms with van der Waals surface area (Å²) < 4.78 is 32.6. The van der Waals surface area contributed by atoms with Crippen LogP contribution in [0.15, 0.2) is 36.5 Å². The van der Waals surface area contributed by atoms with Crippen molar-refractivity contribution in [3.63, 3.8) is 0 Å². The van der Waals surface area contributed by atoms with Gasteiger partial charge in [-0.15, -0.1) is 0 Å². The zero-order chi connectivity index (χ0) is 39.6. The van der Waals surface area contributed by atoms with Crippen LogP contribution in [0, 0.1) is 0 Å². The van der Waals surface area contributed by atoms with E-state index in [1.807, 2.05) is 0 Å². The minimum Gasteiger partial charge on any atom is -0.462 e. The van der Waals surface area contributed by atoms with Crippen LogP contribution >= 0.6 is 7.82 Å². The molecular formula is C45H83O8P. The van der Waals surface area contributed by atoms with E-state index in [4.69, 9.17) is 18.5 Å². The summed E-state index contributed by atoms with van der Waals surface area (Å²) in [4.78, 5) is 34.7. The van der Waals surface area contributed by atoms with Crippen molar-refractivity contribution < 1.29 is 37.6 Å². The Balaban J connectivity index is 3.99. The molecule has 54 heavy (non-hydrogen) atoms. The number of hydrogen-bond donors (Lipinski definition) is 1. The number of allylic oxidation sites excluding steroid dienone is 6. The monoisotopic (exact) mass is 783 g/mol. The van der Waals surface area contributed by atoms with Crippen LogP contribution in [0.3, 0.4) is 0 Å². The molecule has 316 valence electrons. The summed E-state index contributed by atoms with van der Waals surface area (Å²) >= 11 is 0. The van der Waals surface area contributed by atoms with E-state index in [-0.39, 0.29) is 32.0 Å². The van der Waals surface area contributed by atoms with Crippen molar-refractivity contribution in [2.24, 2.45) is 0 Å². The summed E-state index contributed by atoms with van der Waals surface area (Å²) in [6.45, 7) is 5.42. The molecule has 0 radical (unpaired) electrons. The third-order valence-electron chi connectivity index (χ3n) is 9.42. The van der Waals surface area contributed by atoms with Crippen molar-refractivity contribution in [3.8, 4) is 0 Å². The van der Waals surface area contributed by atoms with E-state index in [2.05, 4.69) is 50.3 Å². The van der Waals surface area contributed by atoms with Crippen LogP contribution in [-0.2, 0) is 32.7 Å². The summed E-state index contributed by atoms with van der Waals surface area (Å²) in [5, 5.41) is 0. The Hall–Kier alpha value is -1.73. The van der Waals surface area contributed by atoms with Gasteiger partial charge in [-0.05, 0) is 71.1 Å². The molecule has 0 aliphatic heterocycles. The van der Waals surface area contributed by atoms with Gasteiger partial charge in [0.25, 0.3) is 0 Å². The average Bonchev–Trinajstić information content (AvgIpc) is 3.15. The van der Waals surface area contributed by atoms with Gasteiger partial charge in [0.2, 0.25) is 0 Å². The topological polar surface area (TPSA) is 108 Å². The summed E-state index contributed by atoms with van der Waals surface area (Å²) in [6.07, 6.45) is 46.3. The van der Waals surface area contributed by atoms with Crippen LogP contribution in [-0.4, -0.2) is 42.8 Å². The van der Waals surface area contributed by atoms with Crippen LogP contribution in [0.5, 0.6) is 0 Å². The fraction of sp³-hybridized carbons (Fsp3) is 0.822. The van der Waals surface area contributed by atoms with Crippen molar-refractivity contribution in [2.45, 2.75) is 219 Å². The number of carbonyl (C=O) groups excluding carboxylic acids is 2. The van der Waals surface area contributed by atoms with Crippen LogP contribution in [0.2, 0.25) is 0 Å². The first-order valence-electron chi connectivity index (χ1n) is 22.3. The van der Waals surface area contributed by atoms with Gasteiger partial charge in [-0.3, -0.25) is 18.6 Å². The van der Waals surface area contributed by atoms with Crippen LogP contribution in [0.25, 0.3) is 0 Å². The van der Waals surface area contributed by atoms with E-state index in [1.165, 1.54) is 109 Å². The van der Waals surface area contributed by atoms with Gasteiger partial charge in [-0.1, -0.05) is 166 Å². The van der Waals surface area contributed by atoms with E-state index in [0.29, 0.717) is 6.42 Å². The lowest BCUT2D eigenvalue weighted by molar-refractivity contribution is -0.161. The molecule has 0 aliphatic rings. The molecule has 2 atom stereocenters. The van der Waals surface area contributed by atoms with Crippen molar-refractivity contribution in [1.29, 1.82) is 0 Å². The van der Waals surface area contributed by atoms with Crippen LogP contribution < -0.4 is 0 Å². The second-order valence-electron chi connectivity index (χ2n) is 14.7. The lowest BCUT2D eigenvalue weighted by Gasteiger charge is -2.19. The number of carbonyl (C=O) groups is 2. The van der Waals surface area contributed by atoms with Crippen LogP contribution in [0.1, 0.15) is 213 Å². The highest BCUT2D eigenvalue weighted by molar-refractivity contribution is 7.47. The molecule has 0 rings (SSSR count). The minimum atomic E-state index is -4.28. The summed E-state index contributed by atoms with van der Waals surface area (Å²) in [6, 6.07) is 0. The molecule has 0 aromatic rings. The maximum absolute atomic E-state index is 12.6. The molecule has 8 nitrogen and oxygen atoms in total. The Morgan fingerprint density at radius 1 is 0.500 bits per heavy atom. The van der Waals surface area contributed by atoms with E-state index in [9.17, 15) is 19.0 Å². The highest BCUT2D eigenvalue weighted by atomic mass is 31.2. The number of phosphoric ester groups is 1. The molecule has 9 heteroatoms. The van der Waals surface area contributed by atoms with E-state index >= 15 is 0 Å². The van der Waals surface area contributed by atoms with Gasteiger partial charge < -0.3 is 14.4 Å². The second-order valence-corrected chi connectivity index (χ2v) is 16.2. The Bertz CT molecular complexity index is 979. The molecule has 0 aromatic heterocycles. The van der Waals surface area contributed by atoms with Gasteiger partial charge in [-0.2, -0.15) is 0 Å². The van der Waals surface area contributed by atoms with Gasteiger partial charge >= 0.3 is 19.8 Å². The van der Waals surface area contributed by atoms with Crippen LogP contribution in [0.4, 0.5) is 0 Å². The third-order valence-corrected chi connectivity index (χ3v) is 10.5. The molecule has 1 N–H and O–H groups in total. The van der Waals surface area contributed by atoms with Crippen molar-refractivity contribution in [3.05, 3.63) is 36.5 Å². The zero-order valence-corrected chi connectivity index (χ0v) is 36.0. The SMILES string of the molecule is CCCC/C=C\CCCCCCCC(=O)OCC(COP(=O)(O)OCC)OC(=O)CCCCCCCCCCCCC/C=C\C/C=C\CCCCCCC.